The second-order valence-electron chi connectivity index (χ2n) is 5.28. The second-order valence-corrected chi connectivity index (χ2v) is 5.28. The van der Waals surface area contributed by atoms with Crippen LogP contribution in [-0.2, 0) is 9.53 Å². The Labute approximate surface area is 134 Å². The Bertz CT molecular complexity index is 814. The van der Waals surface area contributed by atoms with Crippen molar-refractivity contribution in [1.82, 2.24) is 0 Å². The third-order valence-corrected chi connectivity index (χ3v) is 3.67. The van der Waals surface area contributed by atoms with E-state index in [1.54, 1.807) is 12.1 Å². The molecule has 0 aliphatic carbocycles. The SMILES string of the molecule is O=C(O)[C@H]1O[C@@H](Oc2cccc3ccc(=O)oc23)[C@H](O)[C@@H](O)[C@@H]1O. The first-order valence-corrected chi connectivity index (χ1v) is 7.00. The fourth-order valence-electron chi connectivity index (χ4n) is 2.43. The van der Waals surface area contributed by atoms with Crippen LogP contribution < -0.4 is 10.4 Å². The Morgan fingerprint density at radius 1 is 1.04 bits per heavy atom. The van der Waals surface area contributed by atoms with Gasteiger partial charge in [0.2, 0.25) is 6.29 Å². The third kappa shape index (κ3) is 2.85. The summed E-state index contributed by atoms with van der Waals surface area (Å²) in [5.41, 5.74) is -0.546. The minimum atomic E-state index is -1.82. The minimum absolute atomic E-state index is 0.0157. The molecule has 0 spiro atoms. The monoisotopic (exact) mass is 338 g/mol. The van der Waals surface area contributed by atoms with E-state index in [1.165, 1.54) is 18.2 Å². The number of hydrogen-bond acceptors (Lipinski definition) is 8. The summed E-state index contributed by atoms with van der Waals surface area (Å²) in [5.74, 6) is -1.51. The van der Waals surface area contributed by atoms with Gasteiger partial charge in [0, 0.05) is 11.5 Å². The number of hydrogen-bond donors (Lipinski definition) is 4. The highest BCUT2D eigenvalue weighted by molar-refractivity contribution is 5.82. The van der Waals surface area contributed by atoms with Gasteiger partial charge in [-0.2, -0.15) is 0 Å². The van der Waals surface area contributed by atoms with Crippen molar-refractivity contribution in [3.05, 3.63) is 40.8 Å². The molecular formula is C15H14O9. The van der Waals surface area contributed by atoms with Crippen LogP contribution in [0.1, 0.15) is 0 Å². The van der Waals surface area contributed by atoms with Gasteiger partial charge in [0.05, 0.1) is 0 Å². The number of aliphatic hydroxyl groups is 3. The largest absolute Gasteiger partial charge is 0.479 e. The lowest BCUT2D eigenvalue weighted by Gasteiger charge is -2.38. The van der Waals surface area contributed by atoms with E-state index in [2.05, 4.69) is 0 Å². The van der Waals surface area contributed by atoms with Crippen LogP contribution >= 0.6 is 0 Å². The molecule has 128 valence electrons. The number of aliphatic carboxylic acids is 1. The van der Waals surface area contributed by atoms with Gasteiger partial charge in [-0.3, -0.25) is 0 Å². The molecule has 9 heteroatoms. The van der Waals surface area contributed by atoms with Gasteiger partial charge in [-0.15, -0.1) is 0 Å². The maximum absolute atomic E-state index is 11.4. The zero-order valence-electron chi connectivity index (χ0n) is 12.1. The molecule has 1 aromatic heterocycles. The first kappa shape index (κ1) is 16.4. The van der Waals surface area contributed by atoms with Crippen LogP contribution in [-0.4, -0.2) is 57.1 Å². The van der Waals surface area contributed by atoms with Gasteiger partial charge in [-0.1, -0.05) is 12.1 Å². The number of rotatable bonds is 3. The molecule has 2 aromatic rings. The van der Waals surface area contributed by atoms with Gasteiger partial charge in [-0.05, 0) is 12.1 Å². The zero-order chi connectivity index (χ0) is 17.4. The van der Waals surface area contributed by atoms with Gasteiger partial charge >= 0.3 is 11.6 Å². The molecule has 0 bridgehead atoms. The first-order chi connectivity index (χ1) is 11.4. The van der Waals surface area contributed by atoms with E-state index in [4.69, 9.17) is 19.0 Å². The molecule has 1 aromatic carbocycles. The van der Waals surface area contributed by atoms with Gasteiger partial charge in [0.15, 0.2) is 17.4 Å². The number of carboxylic acid groups (broad SMARTS) is 1. The van der Waals surface area contributed by atoms with Crippen molar-refractivity contribution >= 4 is 16.9 Å². The molecule has 1 saturated heterocycles. The fourth-order valence-corrected chi connectivity index (χ4v) is 2.43. The zero-order valence-corrected chi connectivity index (χ0v) is 12.1. The Balaban J connectivity index is 1.94. The summed E-state index contributed by atoms with van der Waals surface area (Å²) in [5, 5.41) is 38.9. The molecule has 9 nitrogen and oxygen atoms in total. The Kier molecular flexibility index (Phi) is 4.24. The van der Waals surface area contributed by atoms with Crippen molar-refractivity contribution in [1.29, 1.82) is 0 Å². The summed E-state index contributed by atoms with van der Waals surface area (Å²) in [7, 11) is 0. The Morgan fingerprint density at radius 2 is 1.79 bits per heavy atom. The lowest BCUT2D eigenvalue weighted by atomic mass is 9.99. The number of para-hydroxylation sites is 1. The predicted molar refractivity (Wildman–Crippen MR) is 77.4 cm³/mol. The van der Waals surface area contributed by atoms with Crippen LogP contribution in [0.2, 0.25) is 0 Å². The Morgan fingerprint density at radius 3 is 2.50 bits per heavy atom. The molecule has 3 rings (SSSR count). The molecule has 1 aliphatic heterocycles. The topological polar surface area (TPSA) is 147 Å². The number of carbonyl (C=O) groups is 1. The van der Waals surface area contributed by atoms with E-state index in [1.807, 2.05) is 0 Å². The van der Waals surface area contributed by atoms with Gasteiger partial charge < -0.3 is 34.3 Å². The maximum Gasteiger partial charge on any atom is 0.336 e. The van der Waals surface area contributed by atoms with Gasteiger partial charge in [0.25, 0.3) is 0 Å². The fraction of sp³-hybridized carbons (Fsp3) is 0.333. The van der Waals surface area contributed by atoms with E-state index in [-0.39, 0.29) is 11.3 Å². The summed E-state index contributed by atoms with van der Waals surface area (Å²) in [6.45, 7) is 0. The molecule has 24 heavy (non-hydrogen) atoms. The molecule has 0 amide bonds. The Hall–Kier alpha value is -2.46. The molecule has 0 saturated carbocycles. The van der Waals surface area contributed by atoms with Crippen molar-refractivity contribution in [3.63, 3.8) is 0 Å². The predicted octanol–water partition coefficient (Wildman–Crippen LogP) is -0.936. The minimum Gasteiger partial charge on any atom is -0.479 e. The lowest BCUT2D eigenvalue weighted by Crippen LogP contribution is -2.61. The smallest absolute Gasteiger partial charge is 0.336 e. The van der Waals surface area contributed by atoms with Crippen molar-refractivity contribution in [2.24, 2.45) is 0 Å². The number of benzene rings is 1. The summed E-state index contributed by atoms with van der Waals surface area (Å²) < 4.78 is 15.5. The van der Waals surface area contributed by atoms with Gasteiger partial charge in [0.1, 0.15) is 18.3 Å². The number of carboxylic acids is 1. The van der Waals surface area contributed by atoms with Crippen molar-refractivity contribution in [3.8, 4) is 5.75 Å². The molecule has 1 aliphatic rings. The maximum atomic E-state index is 11.4. The van der Waals surface area contributed by atoms with Gasteiger partial charge in [-0.25, -0.2) is 9.59 Å². The lowest BCUT2D eigenvalue weighted by molar-refractivity contribution is -0.271. The standard InChI is InChI=1S/C15H14O9/c16-8-5-4-6-2-1-3-7(12(6)23-8)22-15-11(19)9(17)10(18)13(24-15)14(20)21/h1-5,9-11,13,15,17-19H,(H,20,21)/t9-,10-,11+,13-,15+/m0/s1. The van der Waals surface area contributed by atoms with E-state index in [9.17, 15) is 24.9 Å². The summed E-state index contributed by atoms with van der Waals surface area (Å²) in [6, 6.07) is 7.40. The van der Waals surface area contributed by atoms with Crippen LogP contribution in [0.4, 0.5) is 0 Å². The number of aliphatic hydroxyl groups excluding tert-OH is 3. The number of ether oxygens (including phenoxy) is 2. The van der Waals surface area contributed by atoms with Crippen molar-refractivity contribution in [2.75, 3.05) is 0 Å². The van der Waals surface area contributed by atoms with Crippen LogP contribution in [0.25, 0.3) is 11.0 Å². The average Bonchev–Trinajstić information content (AvgIpc) is 2.55. The molecule has 2 heterocycles. The highest BCUT2D eigenvalue weighted by Crippen LogP contribution is 2.29. The van der Waals surface area contributed by atoms with Crippen LogP contribution in [0.3, 0.4) is 0 Å². The molecular weight excluding hydrogens is 324 g/mol. The van der Waals surface area contributed by atoms with Crippen LogP contribution in [0, 0.1) is 0 Å². The van der Waals surface area contributed by atoms with E-state index in [0.29, 0.717) is 5.39 Å². The van der Waals surface area contributed by atoms with Crippen LogP contribution in [0.15, 0.2) is 39.5 Å². The van der Waals surface area contributed by atoms with Crippen molar-refractivity contribution < 1.29 is 39.1 Å². The second kappa shape index (κ2) is 6.21. The summed E-state index contributed by atoms with van der Waals surface area (Å²) >= 11 is 0. The first-order valence-electron chi connectivity index (χ1n) is 7.00. The molecule has 0 radical (unpaired) electrons. The molecule has 0 unspecified atom stereocenters. The van der Waals surface area contributed by atoms with Crippen molar-refractivity contribution in [2.45, 2.75) is 30.7 Å². The summed E-state index contributed by atoms with van der Waals surface area (Å²) in [4.78, 5) is 22.5. The van der Waals surface area contributed by atoms with E-state index < -0.39 is 42.3 Å². The molecule has 4 N–H and O–H groups in total. The average molecular weight is 338 g/mol. The molecule has 1 fully saturated rings. The van der Waals surface area contributed by atoms with E-state index >= 15 is 0 Å². The van der Waals surface area contributed by atoms with Crippen LogP contribution in [0.5, 0.6) is 5.75 Å². The number of fused-ring (bicyclic) bond motifs is 1. The normalized spacial score (nSPS) is 30.2. The highest BCUT2D eigenvalue weighted by Gasteiger charge is 2.48. The quantitative estimate of drug-likeness (QED) is 0.521. The highest BCUT2D eigenvalue weighted by atomic mass is 16.7. The summed E-state index contributed by atoms with van der Waals surface area (Å²) in [6.07, 6.45) is -8.67. The van der Waals surface area contributed by atoms with E-state index in [0.717, 1.165) is 0 Å². The third-order valence-electron chi connectivity index (χ3n) is 3.67. The molecule has 5 atom stereocenters.